The molecule has 0 radical (unpaired) electrons. The zero-order chi connectivity index (χ0) is 29.5. The van der Waals surface area contributed by atoms with Gasteiger partial charge in [0.2, 0.25) is 22.4 Å². The second-order valence-corrected chi connectivity index (χ2v) is 12.6. The lowest BCUT2D eigenvalue weighted by Gasteiger charge is -2.37. The number of aromatic nitrogens is 4. The van der Waals surface area contributed by atoms with E-state index in [2.05, 4.69) is 11.0 Å². The average Bonchev–Trinajstić information content (AvgIpc) is 3.76. The van der Waals surface area contributed by atoms with Crippen LogP contribution < -0.4 is 9.80 Å². The van der Waals surface area contributed by atoms with E-state index in [0.717, 1.165) is 45.6 Å². The smallest absolute Gasteiger partial charge is 0.242 e. The van der Waals surface area contributed by atoms with E-state index >= 15 is 0 Å². The van der Waals surface area contributed by atoms with Gasteiger partial charge in [0.15, 0.2) is 10.9 Å². The summed E-state index contributed by atoms with van der Waals surface area (Å²) in [5.74, 6) is 0.655. The van der Waals surface area contributed by atoms with Crippen molar-refractivity contribution in [1.82, 2.24) is 29.4 Å². The normalized spacial score (nSPS) is 17.0. The Labute approximate surface area is 251 Å². The number of rotatable bonds is 9. The average molecular weight is 606 g/mol. The lowest BCUT2D eigenvalue weighted by Crippen LogP contribution is -2.56. The number of carbonyl (C=O) groups is 2. The van der Waals surface area contributed by atoms with Crippen LogP contribution in [0.1, 0.15) is 29.5 Å². The third-order valence-electron chi connectivity index (χ3n) is 7.79. The van der Waals surface area contributed by atoms with E-state index in [-0.39, 0.29) is 18.5 Å². The minimum Gasteiger partial charge on any atom is -0.389 e. The van der Waals surface area contributed by atoms with Crippen LogP contribution in [-0.2, 0) is 16.0 Å². The molecule has 4 aromatic rings. The van der Waals surface area contributed by atoms with Crippen LogP contribution in [0.4, 0.5) is 16.1 Å². The number of nitriles is 1. The molecule has 3 aromatic heterocycles. The zero-order valence-corrected chi connectivity index (χ0v) is 25.2. The summed E-state index contributed by atoms with van der Waals surface area (Å²) < 4.78 is 1.83. The van der Waals surface area contributed by atoms with Crippen molar-refractivity contribution in [1.29, 1.82) is 5.26 Å². The van der Waals surface area contributed by atoms with Crippen molar-refractivity contribution < 1.29 is 14.7 Å². The van der Waals surface area contributed by atoms with Gasteiger partial charge in [0.25, 0.3) is 0 Å². The Hall–Kier alpha value is -4.06. The fourth-order valence-corrected chi connectivity index (χ4v) is 7.15. The van der Waals surface area contributed by atoms with Crippen molar-refractivity contribution in [2.45, 2.75) is 38.8 Å². The molecule has 2 saturated heterocycles. The maximum atomic E-state index is 12.5. The van der Waals surface area contributed by atoms with Gasteiger partial charge in [0.1, 0.15) is 16.6 Å². The molecule has 12 nitrogen and oxygen atoms in total. The highest BCUT2D eigenvalue weighted by molar-refractivity contribution is 7.20. The van der Waals surface area contributed by atoms with Gasteiger partial charge in [-0.25, -0.2) is 9.97 Å². The summed E-state index contributed by atoms with van der Waals surface area (Å²) >= 11 is 2.82. The zero-order valence-electron chi connectivity index (χ0n) is 23.6. The van der Waals surface area contributed by atoms with E-state index in [0.29, 0.717) is 48.3 Å². The van der Waals surface area contributed by atoms with Crippen LogP contribution in [-0.4, -0.2) is 98.7 Å². The highest BCUT2D eigenvalue weighted by Crippen LogP contribution is 2.38. The van der Waals surface area contributed by atoms with Gasteiger partial charge in [0, 0.05) is 38.8 Å². The number of β-amino-alcohol motifs (C(OH)–C–C–N with tert-alkyl or cyclic N) is 1. The van der Waals surface area contributed by atoms with E-state index in [1.165, 1.54) is 22.7 Å². The summed E-state index contributed by atoms with van der Waals surface area (Å²) in [4.78, 5) is 42.6. The van der Waals surface area contributed by atoms with Crippen molar-refractivity contribution in [3.05, 3.63) is 40.4 Å². The quantitative estimate of drug-likeness (QED) is 0.286. The molecule has 2 fully saturated rings. The number of nitrogens with zero attached hydrogens (tertiary/aromatic N) is 9. The van der Waals surface area contributed by atoms with E-state index in [9.17, 15) is 20.0 Å². The highest BCUT2D eigenvalue weighted by Gasteiger charge is 2.34. The first-order valence-corrected chi connectivity index (χ1v) is 15.4. The van der Waals surface area contributed by atoms with Crippen LogP contribution in [0.2, 0.25) is 0 Å². The first-order chi connectivity index (χ1) is 20.3. The lowest BCUT2D eigenvalue weighted by atomic mass is 10.1. The molecule has 6 rings (SSSR count). The molecule has 218 valence electrons. The fraction of sp³-hybridized carbons (Fsp3) is 0.429. The van der Waals surface area contributed by atoms with Crippen molar-refractivity contribution in [3.8, 4) is 17.3 Å². The maximum Gasteiger partial charge on any atom is 0.242 e. The molecule has 2 aliphatic rings. The molecule has 0 aliphatic carbocycles. The standard InChI is InChI=1S/C28H31N9O3S2/c1-4-21-25(33(3)26-31-24(22(11-29)41-26)18-7-5-17(2)6-8-18)37-27(30-21)42-28(32-37)34-10-9-19(12-34)36(16-38)15-23(40)35-13-20(39)14-35/h5-8,16,19-20,39H,4,9-10,12-15H2,1-3H3/t19-/m1/s1. The van der Waals surface area contributed by atoms with E-state index in [1.807, 2.05) is 54.6 Å². The second kappa shape index (κ2) is 11.3. The van der Waals surface area contributed by atoms with Gasteiger partial charge in [0.05, 0.1) is 24.4 Å². The van der Waals surface area contributed by atoms with Crippen molar-refractivity contribution in [2.75, 3.05) is 49.6 Å². The number of aryl methyl sites for hydroxylation is 2. The Morgan fingerprint density at radius 3 is 2.64 bits per heavy atom. The van der Waals surface area contributed by atoms with Crippen LogP contribution in [0.15, 0.2) is 24.3 Å². The summed E-state index contributed by atoms with van der Waals surface area (Å²) in [6.07, 6.45) is 1.70. The molecular weight excluding hydrogens is 575 g/mol. The first kappa shape index (κ1) is 28.1. The number of hydrogen-bond acceptors (Lipinski definition) is 11. The van der Waals surface area contributed by atoms with Gasteiger partial charge < -0.3 is 24.7 Å². The Bertz CT molecular complexity index is 1670. The summed E-state index contributed by atoms with van der Waals surface area (Å²) in [5.41, 5.74) is 3.58. The number of aliphatic hydroxyl groups excluding tert-OH is 1. The molecule has 42 heavy (non-hydrogen) atoms. The molecule has 2 aliphatic heterocycles. The van der Waals surface area contributed by atoms with Gasteiger partial charge in [-0.05, 0) is 19.8 Å². The van der Waals surface area contributed by atoms with Gasteiger partial charge >= 0.3 is 0 Å². The second-order valence-electron chi connectivity index (χ2n) is 10.6. The van der Waals surface area contributed by atoms with Crippen LogP contribution in [0.3, 0.4) is 0 Å². The largest absolute Gasteiger partial charge is 0.389 e. The minimum atomic E-state index is -0.471. The Kier molecular flexibility index (Phi) is 7.56. The highest BCUT2D eigenvalue weighted by atomic mass is 32.1. The Morgan fingerprint density at radius 2 is 1.98 bits per heavy atom. The molecule has 14 heteroatoms. The predicted molar refractivity (Wildman–Crippen MR) is 161 cm³/mol. The minimum absolute atomic E-state index is 0.00773. The summed E-state index contributed by atoms with van der Waals surface area (Å²) in [5, 5.41) is 25.7. The fourth-order valence-electron chi connectivity index (χ4n) is 5.35. The number of amides is 2. The molecule has 1 aromatic carbocycles. The topological polar surface area (TPSA) is 134 Å². The lowest BCUT2D eigenvalue weighted by molar-refractivity contribution is -0.145. The molecule has 5 heterocycles. The monoisotopic (exact) mass is 605 g/mol. The summed E-state index contributed by atoms with van der Waals surface area (Å²) in [6, 6.07) is 10.2. The third-order valence-corrected chi connectivity index (χ3v) is 9.80. The molecule has 0 bridgehead atoms. The molecule has 1 atom stereocenters. The summed E-state index contributed by atoms with van der Waals surface area (Å²) in [6.45, 7) is 5.99. The maximum absolute atomic E-state index is 12.5. The van der Waals surface area contributed by atoms with Gasteiger partial charge in [-0.15, -0.1) is 5.10 Å². The van der Waals surface area contributed by atoms with E-state index < -0.39 is 6.10 Å². The van der Waals surface area contributed by atoms with Crippen molar-refractivity contribution in [3.63, 3.8) is 0 Å². The number of likely N-dealkylation sites (tertiary alicyclic amines) is 1. The van der Waals surface area contributed by atoms with Crippen molar-refractivity contribution >= 4 is 56.0 Å². The Morgan fingerprint density at radius 1 is 1.21 bits per heavy atom. The number of anilines is 3. The van der Waals surface area contributed by atoms with Crippen LogP contribution >= 0.6 is 22.7 Å². The van der Waals surface area contributed by atoms with Gasteiger partial charge in [-0.1, -0.05) is 59.4 Å². The van der Waals surface area contributed by atoms with Gasteiger partial charge in [-0.3, -0.25) is 9.59 Å². The molecule has 1 N–H and O–H groups in total. The van der Waals surface area contributed by atoms with Crippen molar-refractivity contribution in [2.24, 2.45) is 0 Å². The van der Waals surface area contributed by atoms with Crippen LogP contribution in [0.25, 0.3) is 16.2 Å². The number of benzene rings is 1. The van der Waals surface area contributed by atoms with E-state index in [4.69, 9.17) is 15.1 Å². The number of carbonyl (C=O) groups excluding carboxylic acids is 2. The number of hydrogen-bond donors (Lipinski definition) is 1. The molecule has 0 unspecified atom stereocenters. The van der Waals surface area contributed by atoms with Crippen LogP contribution in [0, 0.1) is 18.3 Å². The molecule has 2 amide bonds. The number of aliphatic hydroxyl groups is 1. The molecular formula is C28H31N9O3S2. The Balaban J connectivity index is 1.23. The number of imidazole rings is 1. The third kappa shape index (κ3) is 5.08. The molecule has 0 saturated carbocycles. The summed E-state index contributed by atoms with van der Waals surface area (Å²) in [7, 11) is 1.92. The van der Waals surface area contributed by atoms with E-state index in [1.54, 1.807) is 9.80 Å². The number of fused-ring (bicyclic) bond motifs is 1. The van der Waals surface area contributed by atoms with Crippen LogP contribution in [0.5, 0.6) is 0 Å². The van der Waals surface area contributed by atoms with Gasteiger partial charge in [-0.2, -0.15) is 9.78 Å². The number of thiazole rings is 1. The predicted octanol–water partition coefficient (Wildman–Crippen LogP) is 2.66. The first-order valence-electron chi connectivity index (χ1n) is 13.8. The molecule has 0 spiro atoms. The SMILES string of the molecule is CCc1nc2sc(N3CC[C@@H](N(C=O)CC(=O)N4CC(O)C4)C3)nn2c1N(C)c1nc(-c2ccc(C)cc2)c(C#N)s1.